The number of nitrogens with one attached hydrogen (secondary N) is 1. The molecule has 34 heavy (non-hydrogen) atoms. The number of hydrogen-bond donors (Lipinski definition) is 2. The number of rotatable bonds is 6. The number of alkyl halides is 6. The van der Waals surface area contributed by atoms with Crippen LogP contribution in [-0.4, -0.2) is 22.8 Å². The molecule has 0 fully saturated rings. The minimum absolute atomic E-state index is 0.115. The molecule has 2 rings (SSSR count). The minimum Gasteiger partial charge on any atom is -0.466 e. The SMILES string of the molecule is CCOC(=O)C[C@@]([Si])(NS)c1c(F)c(-c2c(C)cc(C(F)(F)F)cc2C)cc(C(F)(F)F)c1F. The van der Waals surface area contributed by atoms with Gasteiger partial charge in [-0.3, -0.25) is 9.52 Å². The summed E-state index contributed by atoms with van der Waals surface area (Å²) in [5.41, 5.74) is -5.69. The highest BCUT2D eigenvalue weighted by atomic mass is 32.1. The van der Waals surface area contributed by atoms with Gasteiger partial charge in [-0.2, -0.15) is 26.3 Å². The van der Waals surface area contributed by atoms with E-state index >= 15 is 8.78 Å². The number of thiol groups is 1. The molecular formula is C21H18F8NO2SSi. The summed E-state index contributed by atoms with van der Waals surface area (Å²) in [5, 5.41) is -2.30. The average molecular weight is 529 g/mol. The maximum Gasteiger partial charge on any atom is 0.419 e. The molecule has 1 atom stereocenters. The van der Waals surface area contributed by atoms with Crippen LogP contribution in [0.5, 0.6) is 0 Å². The van der Waals surface area contributed by atoms with Crippen molar-refractivity contribution in [2.24, 2.45) is 0 Å². The van der Waals surface area contributed by atoms with Gasteiger partial charge < -0.3 is 4.74 Å². The summed E-state index contributed by atoms with van der Waals surface area (Å²) >= 11 is 3.72. The van der Waals surface area contributed by atoms with Crippen LogP contribution < -0.4 is 4.72 Å². The van der Waals surface area contributed by atoms with Gasteiger partial charge in [0.2, 0.25) is 0 Å². The van der Waals surface area contributed by atoms with Crippen LogP contribution in [0.15, 0.2) is 18.2 Å². The van der Waals surface area contributed by atoms with Gasteiger partial charge in [0.15, 0.2) is 0 Å². The quantitative estimate of drug-likeness (QED) is 0.209. The first-order valence-electron chi connectivity index (χ1n) is 9.58. The number of carbonyl (C=O) groups excluding carboxylic acids is 1. The number of esters is 1. The highest BCUT2D eigenvalue weighted by Crippen LogP contribution is 2.44. The van der Waals surface area contributed by atoms with Crippen molar-refractivity contribution in [3.8, 4) is 11.1 Å². The highest BCUT2D eigenvalue weighted by molar-refractivity contribution is 7.78. The van der Waals surface area contributed by atoms with Gasteiger partial charge in [-0.1, -0.05) is 12.8 Å². The summed E-state index contributed by atoms with van der Waals surface area (Å²) in [6, 6.07) is 1.48. The Hall–Kier alpha value is -2.12. The van der Waals surface area contributed by atoms with E-state index in [-0.39, 0.29) is 29.4 Å². The van der Waals surface area contributed by atoms with Crippen molar-refractivity contribution in [3.63, 3.8) is 0 Å². The summed E-state index contributed by atoms with van der Waals surface area (Å²) in [6.07, 6.45) is -10.9. The van der Waals surface area contributed by atoms with E-state index in [0.29, 0.717) is 12.1 Å². The predicted octanol–water partition coefficient (Wildman–Crippen LogP) is 6.00. The lowest BCUT2D eigenvalue weighted by Crippen LogP contribution is -2.42. The number of halogens is 8. The van der Waals surface area contributed by atoms with Crippen molar-refractivity contribution in [1.29, 1.82) is 0 Å². The van der Waals surface area contributed by atoms with Gasteiger partial charge in [-0.05, 0) is 55.7 Å². The maximum absolute atomic E-state index is 15.7. The molecule has 0 bridgehead atoms. The molecule has 3 radical (unpaired) electrons. The van der Waals surface area contributed by atoms with Crippen LogP contribution in [0, 0.1) is 25.5 Å². The molecule has 0 aliphatic heterocycles. The van der Waals surface area contributed by atoms with Crippen molar-refractivity contribution >= 4 is 29.0 Å². The van der Waals surface area contributed by atoms with Crippen LogP contribution >= 0.6 is 12.8 Å². The monoisotopic (exact) mass is 528 g/mol. The number of hydrogen-bond acceptors (Lipinski definition) is 4. The van der Waals surface area contributed by atoms with Crippen molar-refractivity contribution in [1.82, 2.24) is 4.72 Å². The summed E-state index contributed by atoms with van der Waals surface area (Å²) in [6.45, 7) is 3.64. The van der Waals surface area contributed by atoms with E-state index in [9.17, 15) is 31.1 Å². The van der Waals surface area contributed by atoms with E-state index < -0.39 is 63.8 Å². The molecule has 0 aromatic heterocycles. The molecule has 0 spiro atoms. The van der Waals surface area contributed by atoms with Crippen LogP contribution in [0.1, 0.15) is 41.2 Å². The summed E-state index contributed by atoms with van der Waals surface area (Å²) < 4.78 is 118. The second kappa shape index (κ2) is 9.86. The van der Waals surface area contributed by atoms with Gasteiger partial charge >= 0.3 is 18.3 Å². The molecule has 1 N–H and O–H groups in total. The molecule has 0 saturated heterocycles. The van der Waals surface area contributed by atoms with Gasteiger partial charge in [0.05, 0.1) is 39.6 Å². The third kappa shape index (κ3) is 5.57. The normalized spacial score (nSPS) is 14.1. The Bertz CT molecular complexity index is 1080. The zero-order valence-corrected chi connectivity index (χ0v) is 19.8. The third-order valence-corrected chi connectivity index (χ3v) is 6.11. The first kappa shape index (κ1) is 28.1. The molecule has 185 valence electrons. The Balaban J connectivity index is 2.94. The molecule has 3 nitrogen and oxygen atoms in total. The van der Waals surface area contributed by atoms with E-state index in [1.54, 1.807) is 0 Å². The molecule has 13 heteroatoms. The fraction of sp³-hybridized carbons (Fsp3) is 0.381. The number of carbonyl (C=O) groups is 1. The third-order valence-electron chi connectivity index (χ3n) is 4.97. The predicted molar refractivity (Wildman–Crippen MR) is 112 cm³/mol. The minimum atomic E-state index is -5.30. The molecule has 0 aliphatic carbocycles. The Kier molecular flexibility index (Phi) is 8.15. The fourth-order valence-electron chi connectivity index (χ4n) is 3.56. The summed E-state index contributed by atoms with van der Waals surface area (Å²) in [4.78, 5) is 12.0. The first-order valence-corrected chi connectivity index (χ1v) is 10.5. The van der Waals surface area contributed by atoms with Gasteiger partial charge in [0.25, 0.3) is 0 Å². The lowest BCUT2D eigenvalue weighted by Gasteiger charge is -2.31. The number of benzene rings is 2. The summed E-state index contributed by atoms with van der Waals surface area (Å²) in [7, 11) is 2.93. The molecule has 0 aliphatic rings. The van der Waals surface area contributed by atoms with Crippen molar-refractivity contribution < 1.29 is 44.7 Å². The van der Waals surface area contributed by atoms with Gasteiger partial charge in [-0.15, -0.1) is 0 Å². The topological polar surface area (TPSA) is 38.3 Å². The zero-order valence-electron chi connectivity index (χ0n) is 17.9. The molecule has 2 aromatic carbocycles. The van der Waals surface area contributed by atoms with Gasteiger partial charge in [-0.25, -0.2) is 8.78 Å². The second-order valence-electron chi connectivity index (χ2n) is 7.45. The molecule has 0 heterocycles. The molecule has 0 unspecified atom stereocenters. The Morgan fingerprint density at radius 1 is 1.00 bits per heavy atom. The Morgan fingerprint density at radius 2 is 1.53 bits per heavy atom. The van der Waals surface area contributed by atoms with E-state index in [0.717, 1.165) is 13.8 Å². The van der Waals surface area contributed by atoms with Crippen LogP contribution in [0.4, 0.5) is 35.1 Å². The van der Waals surface area contributed by atoms with Crippen molar-refractivity contribution in [3.05, 3.63) is 57.7 Å². The van der Waals surface area contributed by atoms with Crippen molar-refractivity contribution in [2.45, 2.75) is 44.7 Å². The average Bonchev–Trinajstić information content (AvgIpc) is 2.67. The van der Waals surface area contributed by atoms with Gasteiger partial charge in [0, 0.05) is 11.1 Å². The van der Waals surface area contributed by atoms with E-state index in [1.807, 2.05) is 0 Å². The van der Waals surface area contributed by atoms with Crippen LogP contribution in [0.25, 0.3) is 11.1 Å². The van der Waals surface area contributed by atoms with E-state index in [4.69, 9.17) is 4.74 Å². The Morgan fingerprint density at radius 3 is 1.94 bits per heavy atom. The van der Waals surface area contributed by atoms with Crippen LogP contribution in [-0.2, 0) is 27.0 Å². The smallest absolute Gasteiger partial charge is 0.419 e. The van der Waals surface area contributed by atoms with E-state index in [1.165, 1.54) is 6.92 Å². The number of aryl methyl sites for hydroxylation is 2. The van der Waals surface area contributed by atoms with Crippen molar-refractivity contribution in [2.75, 3.05) is 6.61 Å². The maximum atomic E-state index is 15.7. The zero-order chi connectivity index (χ0) is 26.2. The van der Waals surface area contributed by atoms with Crippen LogP contribution in [0.3, 0.4) is 0 Å². The highest BCUT2D eigenvalue weighted by Gasteiger charge is 2.43. The second-order valence-corrected chi connectivity index (χ2v) is 8.53. The standard InChI is InChI=1S/C21H18F8NO2SSi/c1-4-32-14(31)8-19(34,30-33)16-17(22)12(7-13(18(16)23)21(27,28)29)15-9(2)5-11(6-10(15)3)20(24,25)26/h5-7,30,33H,4,8H2,1-3H3/t19-/m0/s1. The lowest BCUT2D eigenvalue weighted by atomic mass is 9.88. The van der Waals surface area contributed by atoms with Crippen LogP contribution in [0.2, 0.25) is 0 Å². The summed E-state index contributed by atoms with van der Waals surface area (Å²) in [5.74, 6) is -4.58. The number of ether oxygens (including phenoxy) is 1. The molecule has 2 aromatic rings. The molecular weight excluding hydrogens is 510 g/mol. The van der Waals surface area contributed by atoms with Gasteiger partial charge in [0.1, 0.15) is 11.6 Å². The fourth-order valence-corrected chi connectivity index (χ4v) is 4.12. The largest absolute Gasteiger partial charge is 0.466 e. The Labute approximate surface area is 198 Å². The first-order chi connectivity index (χ1) is 15.5. The molecule has 0 saturated carbocycles. The van der Waals surface area contributed by atoms with E-state index in [2.05, 4.69) is 27.8 Å². The lowest BCUT2D eigenvalue weighted by molar-refractivity contribution is -0.144. The molecule has 0 amide bonds.